The Balaban J connectivity index is 1.39. The van der Waals surface area contributed by atoms with Crippen LogP contribution in [0.1, 0.15) is 44.9 Å². The average Bonchev–Trinajstić information content (AvgIpc) is 2.63. The highest BCUT2D eigenvalue weighted by molar-refractivity contribution is 5.22. The van der Waals surface area contributed by atoms with Crippen molar-refractivity contribution in [2.75, 3.05) is 26.2 Å². The van der Waals surface area contributed by atoms with Gasteiger partial charge in [0.25, 0.3) is 0 Å². The van der Waals surface area contributed by atoms with Crippen molar-refractivity contribution in [2.24, 2.45) is 0 Å². The van der Waals surface area contributed by atoms with Crippen LogP contribution in [-0.4, -0.2) is 54.6 Å². The predicted octanol–water partition coefficient (Wildman–Crippen LogP) is 3.38. The lowest BCUT2D eigenvalue weighted by molar-refractivity contribution is -0.0391. The van der Waals surface area contributed by atoms with Gasteiger partial charge in [0, 0.05) is 13.1 Å². The van der Waals surface area contributed by atoms with Gasteiger partial charge in [0.1, 0.15) is 17.7 Å². The van der Waals surface area contributed by atoms with Crippen LogP contribution in [0.3, 0.4) is 0 Å². The lowest BCUT2D eigenvalue weighted by Crippen LogP contribution is -2.45. The van der Waals surface area contributed by atoms with E-state index in [1.807, 2.05) is 0 Å². The molecule has 0 radical (unpaired) electrons. The van der Waals surface area contributed by atoms with E-state index in [-0.39, 0.29) is 11.9 Å². The Kier molecular flexibility index (Phi) is 7.08. The largest absolute Gasteiger partial charge is 0.489 e. The van der Waals surface area contributed by atoms with Crippen LogP contribution in [0.4, 0.5) is 4.39 Å². The summed E-state index contributed by atoms with van der Waals surface area (Å²) in [5.41, 5.74) is 0. The first-order valence-corrected chi connectivity index (χ1v) is 9.63. The number of benzene rings is 1. The van der Waals surface area contributed by atoms with Gasteiger partial charge in [0.2, 0.25) is 0 Å². The number of halogens is 1. The van der Waals surface area contributed by atoms with Gasteiger partial charge in [-0.1, -0.05) is 19.3 Å². The maximum Gasteiger partial charge on any atom is 0.123 e. The van der Waals surface area contributed by atoms with E-state index in [0.717, 1.165) is 38.8 Å². The van der Waals surface area contributed by atoms with E-state index >= 15 is 0 Å². The molecule has 1 saturated heterocycles. The van der Waals surface area contributed by atoms with Gasteiger partial charge >= 0.3 is 0 Å². The van der Waals surface area contributed by atoms with Crippen molar-refractivity contribution in [3.63, 3.8) is 0 Å². The van der Waals surface area contributed by atoms with Crippen LogP contribution in [-0.2, 0) is 4.74 Å². The molecule has 3 rings (SSSR count). The summed E-state index contributed by atoms with van der Waals surface area (Å²) in [4.78, 5) is 2.24. The van der Waals surface area contributed by atoms with Gasteiger partial charge in [-0.15, -0.1) is 0 Å². The first-order valence-electron chi connectivity index (χ1n) is 9.63. The summed E-state index contributed by atoms with van der Waals surface area (Å²) in [6.07, 6.45) is 8.06. The standard InChI is InChI=1S/C20H30FNO3/c21-16-8-10-19(11-9-16)25-20-7-4-12-22(14-20)13-17(23)15-24-18-5-2-1-3-6-18/h8-11,17-18,20,23H,1-7,12-15H2/t17?,20-/m1/s1. The Morgan fingerprint density at radius 1 is 1.04 bits per heavy atom. The van der Waals surface area contributed by atoms with Crippen molar-refractivity contribution in [3.05, 3.63) is 30.1 Å². The number of rotatable bonds is 7. The van der Waals surface area contributed by atoms with Crippen molar-refractivity contribution in [3.8, 4) is 5.75 Å². The summed E-state index contributed by atoms with van der Waals surface area (Å²) < 4.78 is 24.8. The number of likely N-dealkylation sites (tertiary alicyclic amines) is 1. The van der Waals surface area contributed by atoms with Gasteiger partial charge in [-0.25, -0.2) is 4.39 Å². The molecule has 1 N–H and O–H groups in total. The topological polar surface area (TPSA) is 41.9 Å². The van der Waals surface area contributed by atoms with E-state index in [0.29, 0.717) is 25.0 Å². The fourth-order valence-corrected chi connectivity index (χ4v) is 3.81. The van der Waals surface area contributed by atoms with Crippen LogP contribution in [0.2, 0.25) is 0 Å². The number of piperidine rings is 1. The number of nitrogens with zero attached hydrogens (tertiary/aromatic N) is 1. The monoisotopic (exact) mass is 351 g/mol. The number of hydrogen-bond acceptors (Lipinski definition) is 4. The zero-order chi connectivity index (χ0) is 17.5. The molecule has 1 heterocycles. The first-order chi connectivity index (χ1) is 12.2. The second-order valence-corrected chi connectivity index (χ2v) is 7.34. The van der Waals surface area contributed by atoms with Gasteiger partial charge in [-0.3, -0.25) is 4.90 Å². The molecule has 1 aromatic carbocycles. The number of aliphatic hydroxyl groups is 1. The van der Waals surface area contributed by atoms with Crippen LogP contribution in [0.25, 0.3) is 0 Å². The minimum atomic E-state index is -0.452. The third kappa shape index (κ3) is 6.24. The molecule has 0 spiro atoms. The van der Waals surface area contributed by atoms with Crippen molar-refractivity contribution in [2.45, 2.75) is 63.3 Å². The Labute approximate surface area is 149 Å². The normalized spacial score (nSPS) is 24.2. The molecular weight excluding hydrogens is 321 g/mol. The van der Waals surface area contributed by atoms with E-state index in [1.165, 1.54) is 31.4 Å². The van der Waals surface area contributed by atoms with E-state index in [4.69, 9.17) is 9.47 Å². The zero-order valence-electron chi connectivity index (χ0n) is 14.9. The summed E-state index contributed by atoms with van der Waals surface area (Å²) in [6, 6.07) is 6.17. The van der Waals surface area contributed by atoms with E-state index in [2.05, 4.69) is 4.90 Å². The number of hydrogen-bond donors (Lipinski definition) is 1. The maximum atomic E-state index is 13.0. The average molecular weight is 351 g/mol. The molecule has 0 bridgehead atoms. The lowest BCUT2D eigenvalue weighted by Gasteiger charge is -2.34. The third-order valence-electron chi connectivity index (χ3n) is 5.12. The SMILES string of the molecule is OC(COC1CCCCC1)CN1CCC[C@@H](Oc2ccc(F)cc2)C1. The molecule has 0 aromatic heterocycles. The minimum absolute atomic E-state index is 0.0886. The molecule has 1 unspecified atom stereocenters. The van der Waals surface area contributed by atoms with Crippen LogP contribution in [0.5, 0.6) is 5.75 Å². The van der Waals surface area contributed by atoms with E-state index in [1.54, 1.807) is 12.1 Å². The molecule has 0 amide bonds. The summed E-state index contributed by atoms with van der Waals surface area (Å²) in [7, 11) is 0. The van der Waals surface area contributed by atoms with Gasteiger partial charge < -0.3 is 14.6 Å². The highest BCUT2D eigenvalue weighted by Crippen LogP contribution is 2.21. The number of β-amino-alcohol motifs (C(OH)–C–C–N with tert-alkyl or cyclic N) is 1. The Morgan fingerprint density at radius 2 is 1.76 bits per heavy atom. The molecule has 1 saturated carbocycles. The van der Waals surface area contributed by atoms with Gasteiger partial charge in [-0.2, -0.15) is 0 Å². The van der Waals surface area contributed by atoms with Crippen LogP contribution in [0.15, 0.2) is 24.3 Å². The number of ether oxygens (including phenoxy) is 2. The lowest BCUT2D eigenvalue weighted by atomic mass is 9.98. The molecule has 1 aliphatic carbocycles. The van der Waals surface area contributed by atoms with Crippen LogP contribution in [0, 0.1) is 5.82 Å². The Bertz CT molecular complexity index is 504. The highest BCUT2D eigenvalue weighted by atomic mass is 19.1. The molecule has 1 aromatic rings. The summed E-state index contributed by atoms with van der Waals surface area (Å²) in [5, 5.41) is 10.3. The second-order valence-electron chi connectivity index (χ2n) is 7.34. The summed E-state index contributed by atoms with van der Waals surface area (Å²) >= 11 is 0. The highest BCUT2D eigenvalue weighted by Gasteiger charge is 2.24. The zero-order valence-corrected chi connectivity index (χ0v) is 14.9. The smallest absolute Gasteiger partial charge is 0.123 e. The van der Waals surface area contributed by atoms with Gasteiger partial charge in [-0.05, 0) is 56.5 Å². The molecule has 5 heteroatoms. The van der Waals surface area contributed by atoms with Gasteiger partial charge in [0.15, 0.2) is 0 Å². The predicted molar refractivity (Wildman–Crippen MR) is 95.3 cm³/mol. The Hall–Kier alpha value is -1.17. The molecule has 2 atom stereocenters. The molecule has 4 nitrogen and oxygen atoms in total. The van der Waals surface area contributed by atoms with Crippen molar-refractivity contribution in [1.82, 2.24) is 4.90 Å². The van der Waals surface area contributed by atoms with Crippen LogP contribution >= 0.6 is 0 Å². The number of aliphatic hydroxyl groups excluding tert-OH is 1. The minimum Gasteiger partial charge on any atom is -0.489 e. The fourth-order valence-electron chi connectivity index (χ4n) is 3.81. The maximum absolute atomic E-state index is 13.0. The quantitative estimate of drug-likeness (QED) is 0.818. The third-order valence-corrected chi connectivity index (χ3v) is 5.12. The first kappa shape index (κ1) is 18.6. The molecule has 2 aliphatic rings. The molecule has 140 valence electrons. The van der Waals surface area contributed by atoms with Gasteiger partial charge in [0.05, 0.1) is 18.8 Å². The molecule has 1 aliphatic heterocycles. The van der Waals surface area contributed by atoms with Crippen molar-refractivity contribution in [1.29, 1.82) is 0 Å². The fraction of sp³-hybridized carbons (Fsp3) is 0.700. The van der Waals surface area contributed by atoms with E-state index < -0.39 is 6.10 Å². The van der Waals surface area contributed by atoms with Crippen LogP contribution < -0.4 is 4.74 Å². The Morgan fingerprint density at radius 3 is 2.52 bits per heavy atom. The van der Waals surface area contributed by atoms with Crippen molar-refractivity contribution < 1.29 is 19.0 Å². The van der Waals surface area contributed by atoms with E-state index in [9.17, 15) is 9.50 Å². The van der Waals surface area contributed by atoms with Crippen molar-refractivity contribution >= 4 is 0 Å². The molecule has 25 heavy (non-hydrogen) atoms. The second kappa shape index (κ2) is 9.51. The summed E-state index contributed by atoms with van der Waals surface area (Å²) in [5.74, 6) is 0.452. The molecule has 2 fully saturated rings. The summed E-state index contributed by atoms with van der Waals surface area (Å²) in [6.45, 7) is 2.81. The molecular formula is C20H30FNO3.